The Morgan fingerprint density at radius 1 is 1.17 bits per heavy atom. The number of aliphatic carboxylic acids is 1. The summed E-state index contributed by atoms with van der Waals surface area (Å²) in [5.41, 5.74) is 2.65. The maximum Gasteiger partial charge on any atom is 0.330 e. The van der Waals surface area contributed by atoms with Gasteiger partial charge in [-0.3, -0.25) is 9.48 Å². The summed E-state index contributed by atoms with van der Waals surface area (Å²) in [5.74, 6) is -1.61. The van der Waals surface area contributed by atoms with Gasteiger partial charge in [0.15, 0.2) is 6.04 Å². The third-order valence-electron chi connectivity index (χ3n) is 3.47. The number of nitrogens with zero attached hydrogens (tertiary/aromatic N) is 2. The smallest absolute Gasteiger partial charge is 0.330 e. The van der Waals surface area contributed by atoms with Crippen molar-refractivity contribution in [3.63, 3.8) is 0 Å². The number of carbonyl (C=O) groups excluding carboxylic acids is 1. The van der Waals surface area contributed by atoms with Crippen LogP contribution in [-0.4, -0.2) is 26.8 Å². The Morgan fingerprint density at radius 3 is 2.26 bits per heavy atom. The number of carboxylic acid groups (broad SMARTS) is 1. The number of carboxylic acids is 1. The molecule has 2 N–H and O–H groups in total. The van der Waals surface area contributed by atoms with E-state index in [1.807, 2.05) is 33.8 Å². The number of aromatic nitrogens is 2. The van der Waals surface area contributed by atoms with Crippen LogP contribution in [0.2, 0.25) is 0 Å². The summed E-state index contributed by atoms with van der Waals surface area (Å²) in [6.07, 6.45) is 1.70. The van der Waals surface area contributed by atoms with Crippen molar-refractivity contribution in [2.45, 2.75) is 39.8 Å². The Kier molecular flexibility index (Phi) is 4.83. The van der Waals surface area contributed by atoms with E-state index in [1.165, 1.54) is 0 Å². The quantitative estimate of drug-likeness (QED) is 0.888. The van der Waals surface area contributed by atoms with Crippen LogP contribution < -0.4 is 5.32 Å². The molecule has 0 saturated heterocycles. The van der Waals surface area contributed by atoms with Crippen molar-refractivity contribution < 1.29 is 14.7 Å². The molecular weight excluding hydrogens is 294 g/mol. The lowest BCUT2D eigenvalue weighted by Gasteiger charge is -2.15. The molecule has 2 rings (SSSR count). The zero-order valence-corrected chi connectivity index (χ0v) is 13.7. The van der Waals surface area contributed by atoms with Crippen LogP contribution in [0.4, 0.5) is 0 Å². The molecule has 0 spiro atoms. The highest BCUT2D eigenvalue weighted by Crippen LogP contribution is 2.18. The molecule has 1 amide bonds. The van der Waals surface area contributed by atoms with Crippen molar-refractivity contribution >= 4 is 11.9 Å². The minimum atomic E-state index is -1.11. The van der Waals surface area contributed by atoms with Gasteiger partial charge in [0.25, 0.3) is 5.91 Å². The van der Waals surface area contributed by atoms with Gasteiger partial charge in [-0.05, 0) is 39.3 Å². The predicted octanol–water partition coefficient (Wildman–Crippen LogP) is 2.64. The fourth-order valence-electron chi connectivity index (χ4n) is 2.42. The van der Waals surface area contributed by atoms with Crippen molar-refractivity contribution in [1.82, 2.24) is 15.1 Å². The average molecular weight is 315 g/mol. The largest absolute Gasteiger partial charge is 0.479 e. The summed E-state index contributed by atoms with van der Waals surface area (Å²) in [4.78, 5) is 23.9. The van der Waals surface area contributed by atoms with Gasteiger partial charge in [-0.2, -0.15) is 5.10 Å². The lowest BCUT2D eigenvalue weighted by atomic mass is 10.0. The Bertz CT molecular complexity index is 714. The third kappa shape index (κ3) is 3.97. The second-order valence-corrected chi connectivity index (χ2v) is 5.94. The molecule has 1 unspecified atom stereocenters. The van der Waals surface area contributed by atoms with Crippen LogP contribution >= 0.6 is 0 Å². The Hall–Kier alpha value is -2.63. The molecule has 0 bridgehead atoms. The molecule has 1 heterocycles. The molecule has 1 aromatic heterocycles. The van der Waals surface area contributed by atoms with Gasteiger partial charge in [-0.1, -0.05) is 29.3 Å². The Morgan fingerprint density at radius 2 is 1.78 bits per heavy atom. The number of amides is 1. The first-order valence-corrected chi connectivity index (χ1v) is 7.45. The molecule has 0 aliphatic heterocycles. The standard InChI is InChI=1S/C17H21N3O3/c1-10(2)20-6-5-14(19-20)16(21)18-15(17(22)23)13-8-11(3)7-12(4)9-13/h5-10,15H,1-4H3,(H,18,21)(H,22,23). The highest BCUT2D eigenvalue weighted by atomic mass is 16.4. The maximum atomic E-state index is 12.3. The topological polar surface area (TPSA) is 84.2 Å². The van der Waals surface area contributed by atoms with Crippen LogP contribution in [0.15, 0.2) is 30.5 Å². The average Bonchev–Trinajstić information content (AvgIpc) is 2.93. The van der Waals surface area contributed by atoms with E-state index >= 15 is 0 Å². The molecule has 0 aliphatic rings. The number of rotatable bonds is 5. The first-order valence-electron chi connectivity index (χ1n) is 7.45. The van der Waals surface area contributed by atoms with Crippen LogP contribution in [0.5, 0.6) is 0 Å². The van der Waals surface area contributed by atoms with Crippen molar-refractivity contribution in [3.05, 3.63) is 52.8 Å². The fraction of sp³-hybridized carbons (Fsp3) is 0.353. The van der Waals surface area contributed by atoms with E-state index < -0.39 is 17.9 Å². The molecule has 0 fully saturated rings. The van der Waals surface area contributed by atoms with Crippen LogP contribution in [0.1, 0.15) is 53.1 Å². The summed E-state index contributed by atoms with van der Waals surface area (Å²) in [7, 11) is 0. The van der Waals surface area contributed by atoms with Crippen LogP contribution in [-0.2, 0) is 4.79 Å². The van der Waals surface area contributed by atoms with Gasteiger partial charge in [0.05, 0.1) is 0 Å². The third-order valence-corrected chi connectivity index (χ3v) is 3.47. The van der Waals surface area contributed by atoms with E-state index in [0.29, 0.717) is 5.56 Å². The SMILES string of the molecule is Cc1cc(C)cc(C(NC(=O)c2ccn(C(C)C)n2)C(=O)O)c1. The molecule has 1 aromatic carbocycles. The van der Waals surface area contributed by atoms with Crippen molar-refractivity contribution in [3.8, 4) is 0 Å². The molecule has 1 atom stereocenters. The fourth-order valence-corrected chi connectivity index (χ4v) is 2.42. The van der Waals surface area contributed by atoms with Crippen molar-refractivity contribution in [2.24, 2.45) is 0 Å². The van der Waals surface area contributed by atoms with Gasteiger partial charge in [-0.25, -0.2) is 4.79 Å². The summed E-state index contributed by atoms with van der Waals surface area (Å²) in [5, 5.41) is 16.2. The van der Waals surface area contributed by atoms with Crippen molar-refractivity contribution in [1.29, 1.82) is 0 Å². The molecule has 6 heteroatoms. The zero-order valence-electron chi connectivity index (χ0n) is 13.7. The predicted molar refractivity (Wildman–Crippen MR) is 86.4 cm³/mol. The van der Waals surface area contributed by atoms with E-state index in [0.717, 1.165) is 11.1 Å². The number of hydrogen-bond acceptors (Lipinski definition) is 3. The molecule has 0 aliphatic carbocycles. The van der Waals surface area contributed by atoms with Gasteiger partial charge in [0.1, 0.15) is 5.69 Å². The number of hydrogen-bond donors (Lipinski definition) is 2. The number of carbonyl (C=O) groups is 2. The minimum Gasteiger partial charge on any atom is -0.479 e. The molecule has 122 valence electrons. The zero-order chi connectivity index (χ0) is 17.1. The minimum absolute atomic E-state index is 0.131. The molecular formula is C17H21N3O3. The normalized spacial score (nSPS) is 12.2. The van der Waals surface area contributed by atoms with Gasteiger partial charge in [-0.15, -0.1) is 0 Å². The number of aryl methyl sites for hydroxylation is 2. The first-order chi connectivity index (χ1) is 10.8. The lowest BCUT2D eigenvalue weighted by molar-refractivity contribution is -0.139. The van der Waals surface area contributed by atoms with Gasteiger partial charge in [0, 0.05) is 12.2 Å². The summed E-state index contributed by atoms with van der Waals surface area (Å²) >= 11 is 0. The number of nitrogens with one attached hydrogen (secondary N) is 1. The van der Waals surface area contributed by atoms with Crippen molar-refractivity contribution in [2.75, 3.05) is 0 Å². The maximum absolute atomic E-state index is 12.3. The van der Waals surface area contributed by atoms with E-state index in [9.17, 15) is 14.7 Å². The molecule has 0 radical (unpaired) electrons. The molecule has 0 saturated carbocycles. The Balaban J connectivity index is 2.25. The van der Waals surface area contributed by atoms with E-state index in [-0.39, 0.29) is 11.7 Å². The van der Waals surface area contributed by atoms with Gasteiger partial charge >= 0.3 is 5.97 Å². The first kappa shape index (κ1) is 16.7. The van der Waals surface area contributed by atoms with E-state index in [1.54, 1.807) is 29.1 Å². The lowest BCUT2D eigenvalue weighted by Crippen LogP contribution is -2.34. The summed E-state index contributed by atoms with van der Waals surface area (Å²) in [6.45, 7) is 7.68. The highest BCUT2D eigenvalue weighted by Gasteiger charge is 2.24. The van der Waals surface area contributed by atoms with Gasteiger partial charge in [0.2, 0.25) is 0 Å². The summed E-state index contributed by atoms with van der Waals surface area (Å²) < 4.78 is 1.65. The van der Waals surface area contributed by atoms with E-state index in [4.69, 9.17) is 0 Å². The van der Waals surface area contributed by atoms with E-state index in [2.05, 4.69) is 10.4 Å². The van der Waals surface area contributed by atoms with Crippen LogP contribution in [0.3, 0.4) is 0 Å². The molecule has 2 aromatic rings. The number of benzene rings is 1. The van der Waals surface area contributed by atoms with Crippen LogP contribution in [0, 0.1) is 13.8 Å². The summed E-state index contributed by atoms with van der Waals surface area (Å²) in [6, 6.07) is 6.08. The molecule has 6 nitrogen and oxygen atoms in total. The Labute approximate surface area is 135 Å². The molecule has 23 heavy (non-hydrogen) atoms. The van der Waals surface area contributed by atoms with Gasteiger partial charge < -0.3 is 10.4 Å². The second kappa shape index (κ2) is 6.64. The monoisotopic (exact) mass is 315 g/mol. The highest BCUT2D eigenvalue weighted by molar-refractivity contribution is 5.95. The second-order valence-electron chi connectivity index (χ2n) is 5.94. The van der Waals surface area contributed by atoms with Crippen LogP contribution in [0.25, 0.3) is 0 Å².